The van der Waals surface area contributed by atoms with Gasteiger partial charge < -0.3 is 25.6 Å². The number of pyridine rings is 2. The molecule has 2 amide bonds. The number of ether oxygens (including phenoxy) is 1. The SMILES string of the molecule is CSc1cc(Oc2ncc(F)cc2C(=O)NC2CCC(O)CC2)ccc1Cl.O=C(NC1CCC(O)CC1)c1cc(F)cnc1Cl. The Kier molecular flexibility index (Phi) is 12.8. The predicted octanol–water partition coefficient (Wildman–Crippen LogP) is 6.33. The smallest absolute Gasteiger partial charge is 0.257 e. The highest BCUT2D eigenvalue weighted by Gasteiger charge is 2.25. The van der Waals surface area contributed by atoms with E-state index in [1.807, 2.05) is 6.26 Å². The van der Waals surface area contributed by atoms with Crippen LogP contribution in [0.4, 0.5) is 8.78 Å². The first-order valence-electron chi connectivity index (χ1n) is 14.5. The number of aromatic nitrogens is 2. The Morgan fingerprint density at radius 1 is 0.822 bits per heavy atom. The third-order valence-corrected chi connectivity index (χ3v) is 9.03. The maximum absolute atomic E-state index is 13.7. The van der Waals surface area contributed by atoms with Crippen LogP contribution in [-0.2, 0) is 0 Å². The number of benzene rings is 1. The number of hydrogen-bond donors (Lipinski definition) is 4. The van der Waals surface area contributed by atoms with Crippen molar-refractivity contribution >= 4 is 46.8 Å². The van der Waals surface area contributed by atoms with E-state index in [2.05, 4.69) is 20.6 Å². The van der Waals surface area contributed by atoms with Crippen molar-refractivity contribution in [2.75, 3.05) is 6.26 Å². The van der Waals surface area contributed by atoms with E-state index < -0.39 is 23.4 Å². The third-order valence-electron chi connectivity index (χ3n) is 7.51. The predicted molar refractivity (Wildman–Crippen MR) is 168 cm³/mol. The fourth-order valence-electron chi connectivity index (χ4n) is 5.03. The first kappa shape index (κ1) is 34.8. The van der Waals surface area contributed by atoms with Crippen molar-refractivity contribution in [1.29, 1.82) is 0 Å². The van der Waals surface area contributed by atoms with Crippen molar-refractivity contribution in [3.05, 3.63) is 75.7 Å². The van der Waals surface area contributed by atoms with Crippen LogP contribution in [-0.4, -0.2) is 62.5 Å². The molecule has 1 aromatic carbocycles. The van der Waals surface area contributed by atoms with Gasteiger partial charge in [0, 0.05) is 17.0 Å². The number of nitrogens with one attached hydrogen (secondary N) is 2. The second kappa shape index (κ2) is 16.5. The van der Waals surface area contributed by atoms with Gasteiger partial charge in [-0.15, -0.1) is 11.8 Å². The molecule has 0 spiro atoms. The number of hydrogen-bond acceptors (Lipinski definition) is 8. The van der Waals surface area contributed by atoms with Crippen LogP contribution in [0, 0.1) is 11.6 Å². The van der Waals surface area contributed by atoms with Crippen LogP contribution in [0.2, 0.25) is 10.2 Å². The molecule has 14 heteroatoms. The van der Waals surface area contributed by atoms with E-state index in [9.17, 15) is 28.6 Å². The molecule has 0 atom stereocenters. The minimum Gasteiger partial charge on any atom is -0.438 e. The number of aliphatic hydroxyl groups excluding tert-OH is 2. The summed E-state index contributed by atoms with van der Waals surface area (Å²) in [5.74, 6) is -1.60. The van der Waals surface area contributed by atoms with Gasteiger partial charge in [-0.3, -0.25) is 9.59 Å². The first-order valence-corrected chi connectivity index (χ1v) is 16.5. The van der Waals surface area contributed by atoms with Gasteiger partial charge in [-0.25, -0.2) is 18.7 Å². The van der Waals surface area contributed by atoms with E-state index in [0.29, 0.717) is 62.1 Å². The van der Waals surface area contributed by atoms with Gasteiger partial charge in [0.05, 0.1) is 35.2 Å². The van der Waals surface area contributed by atoms with E-state index in [1.165, 1.54) is 11.8 Å². The zero-order chi connectivity index (χ0) is 32.5. The molecule has 5 rings (SSSR count). The molecular formula is C31H34Cl2F2N4O5S. The van der Waals surface area contributed by atoms with Crippen LogP contribution in [0.5, 0.6) is 11.6 Å². The van der Waals surface area contributed by atoms with Gasteiger partial charge in [-0.2, -0.15) is 0 Å². The zero-order valence-corrected chi connectivity index (χ0v) is 26.8. The van der Waals surface area contributed by atoms with Crippen molar-refractivity contribution < 1.29 is 33.3 Å². The van der Waals surface area contributed by atoms with Gasteiger partial charge in [0.1, 0.15) is 28.1 Å². The third kappa shape index (κ3) is 10.2. The lowest BCUT2D eigenvalue weighted by Gasteiger charge is -2.26. The molecule has 2 aliphatic rings. The fraction of sp³-hybridized carbons (Fsp3) is 0.419. The molecule has 0 aliphatic heterocycles. The van der Waals surface area contributed by atoms with Crippen molar-refractivity contribution in [3.8, 4) is 11.6 Å². The summed E-state index contributed by atoms with van der Waals surface area (Å²) in [4.78, 5) is 32.9. The van der Waals surface area contributed by atoms with Crippen LogP contribution >= 0.6 is 35.0 Å². The number of rotatable bonds is 7. The van der Waals surface area contributed by atoms with Crippen molar-refractivity contribution in [3.63, 3.8) is 0 Å². The van der Waals surface area contributed by atoms with Crippen molar-refractivity contribution in [2.24, 2.45) is 0 Å². The van der Waals surface area contributed by atoms with Gasteiger partial charge in [0.15, 0.2) is 0 Å². The Labute approximate surface area is 274 Å². The highest BCUT2D eigenvalue weighted by atomic mass is 35.5. The molecule has 0 bridgehead atoms. The zero-order valence-electron chi connectivity index (χ0n) is 24.4. The lowest BCUT2D eigenvalue weighted by molar-refractivity contribution is 0.0861. The van der Waals surface area contributed by atoms with E-state index in [4.69, 9.17) is 27.9 Å². The monoisotopic (exact) mass is 682 g/mol. The van der Waals surface area contributed by atoms with Crippen LogP contribution in [0.15, 0.2) is 47.6 Å². The Bertz CT molecular complexity index is 1490. The molecule has 2 saturated carbocycles. The summed E-state index contributed by atoms with van der Waals surface area (Å²) in [5.41, 5.74) is 0.0737. The minimum absolute atomic E-state index is 0.000217. The van der Waals surface area contributed by atoms with Crippen molar-refractivity contribution in [1.82, 2.24) is 20.6 Å². The van der Waals surface area contributed by atoms with Gasteiger partial charge in [0.25, 0.3) is 11.8 Å². The number of amides is 2. The van der Waals surface area contributed by atoms with Crippen LogP contribution in [0.1, 0.15) is 72.1 Å². The molecule has 45 heavy (non-hydrogen) atoms. The number of nitrogens with zero attached hydrogens (tertiary/aromatic N) is 2. The largest absolute Gasteiger partial charge is 0.438 e. The molecule has 2 heterocycles. The molecular weight excluding hydrogens is 649 g/mol. The standard InChI is InChI=1S/C19H20ClFN2O3S.C12H14ClFN2O2/c1-27-17-9-14(6-7-16(17)20)26-19-15(8-11(21)10-22-19)18(25)23-12-2-4-13(24)5-3-12;13-11-10(5-7(14)6-15-11)12(18)16-8-1-3-9(17)4-2-8/h6-10,12-13,24H,2-5H2,1H3,(H,23,25);5-6,8-9,17H,1-4H2,(H,16,18). The average molecular weight is 684 g/mol. The van der Waals surface area contributed by atoms with E-state index >= 15 is 0 Å². The second-order valence-electron chi connectivity index (χ2n) is 10.9. The van der Waals surface area contributed by atoms with E-state index in [-0.39, 0.29) is 46.5 Å². The van der Waals surface area contributed by atoms with E-state index in [0.717, 1.165) is 29.4 Å². The summed E-state index contributed by atoms with van der Waals surface area (Å²) in [6.45, 7) is 0. The molecule has 0 radical (unpaired) electrons. The van der Waals surface area contributed by atoms with Crippen molar-refractivity contribution in [2.45, 2.75) is 80.6 Å². The van der Waals surface area contributed by atoms with Gasteiger partial charge in [0.2, 0.25) is 5.88 Å². The normalized spacial score (nSPS) is 21.2. The van der Waals surface area contributed by atoms with Crippen LogP contribution in [0.3, 0.4) is 0 Å². The Hall–Kier alpha value is -3.03. The molecule has 4 N–H and O–H groups in total. The molecule has 242 valence electrons. The minimum atomic E-state index is -0.618. The van der Waals surface area contributed by atoms with Crippen LogP contribution in [0.25, 0.3) is 0 Å². The molecule has 2 fully saturated rings. The lowest BCUT2D eigenvalue weighted by atomic mass is 9.93. The number of thioether (sulfide) groups is 1. The summed E-state index contributed by atoms with van der Waals surface area (Å²) >= 11 is 13.3. The molecule has 9 nitrogen and oxygen atoms in total. The highest BCUT2D eigenvalue weighted by Crippen LogP contribution is 2.32. The summed E-state index contributed by atoms with van der Waals surface area (Å²) in [7, 11) is 0. The molecule has 3 aromatic rings. The summed E-state index contributed by atoms with van der Waals surface area (Å²) in [5, 5.41) is 25.2. The maximum Gasteiger partial charge on any atom is 0.257 e. The number of carbonyl (C=O) groups excluding carboxylic acids is 2. The number of aliphatic hydroxyl groups is 2. The molecule has 2 aliphatic carbocycles. The summed E-state index contributed by atoms with van der Waals surface area (Å²) in [6.07, 6.45) is 8.67. The van der Waals surface area contributed by atoms with Gasteiger partial charge in [-0.1, -0.05) is 23.2 Å². The average Bonchev–Trinajstić information content (AvgIpc) is 3.02. The van der Waals surface area contributed by atoms with Gasteiger partial charge >= 0.3 is 0 Å². The molecule has 2 aromatic heterocycles. The summed E-state index contributed by atoms with van der Waals surface area (Å²) < 4.78 is 32.4. The lowest BCUT2D eigenvalue weighted by Crippen LogP contribution is -2.38. The first-order chi connectivity index (χ1) is 21.5. The quantitative estimate of drug-likeness (QED) is 0.168. The second-order valence-corrected chi connectivity index (χ2v) is 12.5. The molecule has 0 saturated heterocycles. The Balaban J connectivity index is 0.000000222. The Morgan fingerprint density at radius 2 is 1.33 bits per heavy atom. The summed E-state index contributed by atoms with van der Waals surface area (Å²) in [6, 6.07) is 7.22. The fourth-order valence-corrected chi connectivity index (χ4v) is 6.07. The highest BCUT2D eigenvalue weighted by molar-refractivity contribution is 7.98. The number of carbonyl (C=O) groups is 2. The maximum atomic E-state index is 13.7. The number of halogens is 4. The molecule has 0 unspecified atom stereocenters. The van der Waals surface area contributed by atoms with E-state index in [1.54, 1.807) is 18.2 Å². The Morgan fingerprint density at radius 3 is 1.89 bits per heavy atom. The van der Waals surface area contributed by atoms with Crippen LogP contribution < -0.4 is 15.4 Å². The topological polar surface area (TPSA) is 134 Å². The van der Waals surface area contributed by atoms with Gasteiger partial charge in [-0.05, 0) is 88.0 Å².